The largest absolute Gasteiger partial charge is 0.497 e. The van der Waals surface area contributed by atoms with Crippen LogP contribution in [0, 0.1) is 27.7 Å². The van der Waals surface area contributed by atoms with Gasteiger partial charge in [0.1, 0.15) is 11.5 Å². The zero-order chi connectivity index (χ0) is 64.9. The SMILES string of the molecule is COc1cccc(/C=C/c2ccc(N(c3ccc(/C=C/c4cccc(C)c4)cc3)c3ccc(/C=C/c4cccc(OC)c4)cc3)cc2)c1.Cc1cccc(/C=C/c2ccc(N(c3ccc(/C=C/c4cccc(C)c4)cc3)c3ccc(/C=C/c4cccc(C)c4)cc3)cc2)c1. The van der Waals surface area contributed by atoms with Crippen molar-refractivity contribution in [3.05, 3.63) is 380 Å². The van der Waals surface area contributed by atoms with Gasteiger partial charge in [-0.1, -0.05) is 289 Å². The molecule has 0 amide bonds. The van der Waals surface area contributed by atoms with Crippen LogP contribution in [-0.4, -0.2) is 14.2 Å². The number of benzene rings is 12. The van der Waals surface area contributed by atoms with E-state index >= 15 is 0 Å². The molecule has 94 heavy (non-hydrogen) atoms. The van der Waals surface area contributed by atoms with Gasteiger partial charge in [0.05, 0.1) is 14.2 Å². The van der Waals surface area contributed by atoms with Gasteiger partial charge in [-0.2, -0.15) is 0 Å². The topological polar surface area (TPSA) is 24.9 Å². The molecule has 0 spiro atoms. The Morgan fingerprint density at radius 1 is 0.191 bits per heavy atom. The van der Waals surface area contributed by atoms with Gasteiger partial charge in [-0.25, -0.2) is 0 Å². The standard InChI is InChI=1S/C45H39NO2.C45H39N/c1-34-7-4-8-38(31-34)16-13-35-19-25-41(26-20-35)46(42-27-21-36(22-28-42)14-17-39-9-5-11-44(32-39)47-2)43-29-23-37(24-30-43)15-18-40-10-6-12-45(33-40)48-3;1-34-7-4-10-40(31-34)16-13-37-19-25-43(26-20-37)46(44-27-21-38(22-28-44)14-17-41-11-5-8-35(2)32-41)45-29-23-39(24-30-45)15-18-42-12-6-9-36(3)33-42/h4-33H,1-3H3;4-33H,1-3H3/b2*16-13+,17-14+,18-15+. The van der Waals surface area contributed by atoms with Crippen LogP contribution in [-0.2, 0) is 0 Å². The molecule has 4 nitrogen and oxygen atoms in total. The Balaban J connectivity index is 0.000000192. The smallest absolute Gasteiger partial charge is 0.119 e. The van der Waals surface area contributed by atoms with Crippen LogP contribution in [0.2, 0.25) is 0 Å². The van der Waals surface area contributed by atoms with Gasteiger partial charge in [-0.05, 0) is 192 Å². The van der Waals surface area contributed by atoms with Crippen molar-refractivity contribution in [2.75, 3.05) is 24.0 Å². The van der Waals surface area contributed by atoms with Gasteiger partial charge in [0.2, 0.25) is 0 Å². The van der Waals surface area contributed by atoms with E-state index in [9.17, 15) is 0 Å². The summed E-state index contributed by atoms with van der Waals surface area (Å²) < 4.78 is 10.8. The predicted molar refractivity (Wildman–Crippen MR) is 407 cm³/mol. The lowest BCUT2D eigenvalue weighted by Gasteiger charge is -2.26. The first-order chi connectivity index (χ1) is 46.0. The van der Waals surface area contributed by atoms with Crippen LogP contribution < -0.4 is 19.3 Å². The lowest BCUT2D eigenvalue weighted by Crippen LogP contribution is -2.09. The molecule has 0 heterocycles. The number of methoxy groups -OCH3 is 2. The van der Waals surface area contributed by atoms with Crippen LogP contribution >= 0.6 is 0 Å². The monoisotopic (exact) mass is 1220 g/mol. The van der Waals surface area contributed by atoms with Gasteiger partial charge in [0.25, 0.3) is 0 Å². The van der Waals surface area contributed by atoms with E-state index in [4.69, 9.17) is 9.47 Å². The Hall–Kier alpha value is -11.7. The van der Waals surface area contributed by atoms with E-state index in [1.807, 2.05) is 36.4 Å². The van der Waals surface area contributed by atoms with Crippen LogP contribution in [0.5, 0.6) is 11.5 Å². The van der Waals surface area contributed by atoms with Crippen molar-refractivity contribution in [1.29, 1.82) is 0 Å². The van der Waals surface area contributed by atoms with E-state index < -0.39 is 0 Å². The summed E-state index contributed by atoms with van der Waals surface area (Å²) in [4.78, 5) is 4.61. The summed E-state index contributed by atoms with van der Waals surface area (Å²) in [5, 5.41) is 0. The Morgan fingerprint density at radius 2 is 0.362 bits per heavy atom. The average molecular weight is 1220 g/mol. The number of hydrogen-bond donors (Lipinski definition) is 0. The second kappa shape index (κ2) is 31.8. The summed E-state index contributed by atoms with van der Waals surface area (Å²) in [5.74, 6) is 1.70. The van der Waals surface area contributed by atoms with Gasteiger partial charge in [-0.3, -0.25) is 0 Å². The maximum atomic E-state index is 5.38. The molecule has 0 atom stereocenters. The Kier molecular flexibility index (Phi) is 21.6. The van der Waals surface area contributed by atoms with Crippen LogP contribution in [0.3, 0.4) is 0 Å². The lowest BCUT2D eigenvalue weighted by atomic mass is 10.1. The molecular formula is C90H78N2O2. The molecule has 4 heteroatoms. The zero-order valence-electron chi connectivity index (χ0n) is 54.4. The first-order valence-electron chi connectivity index (χ1n) is 31.9. The van der Waals surface area contributed by atoms with Crippen molar-refractivity contribution in [3.8, 4) is 11.5 Å². The van der Waals surface area contributed by atoms with Crippen LogP contribution in [0.1, 0.15) is 89.0 Å². The minimum Gasteiger partial charge on any atom is -0.497 e. The predicted octanol–water partition coefficient (Wildman–Crippen LogP) is 24.6. The van der Waals surface area contributed by atoms with Crippen LogP contribution in [0.15, 0.2) is 291 Å². The number of nitrogens with zero attached hydrogens (tertiary/aromatic N) is 2. The molecule has 12 aromatic rings. The van der Waals surface area contributed by atoms with Crippen LogP contribution in [0.4, 0.5) is 34.1 Å². The molecule has 0 fully saturated rings. The molecule has 0 N–H and O–H groups in total. The minimum absolute atomic E-state index is 0.849. The molecule has 0 saturated carbocycles. The van der Waals surface area contributed by atoms with Crippen molar-refractivity contribution in [3.63, 3.8) is 0 Å². The number of aryl methyl sites for hydroxylation is 4. The zero-order valence-corrected chi connectivity index (χ0v) is 54.4. The average Bonchev–Trinajstić information content (AvgIpc) is 1.33. The highest BCUT2D eigenvalue weighted by molar-refractivity contribution is 5.83. The molecule has 0 bridgehead atoms. The number of anilines is 6. The first-order valence-corrected chi connectivity index (χ1v) is 31.9. The Labute approximate surface area is 556 Å². The molecule has 0 unspecified atom stereocenters. The van der Waals surface area contributed by atoms with Crippen molar-refractivity contribution in [2.45, 2.75) is 27.7 Å². The van der Waals surface area contributed by atoms with Gasteiger partial charge < -0.3 is 19.3 Å². The summed E-state index contributed by atoms with van der Waals surface area (Å²) in [6, 6.07) is 103. The summed E-state index contributed by atoms with van der Waals surface area (Å²) in [6.07, 6.45) is 25.8. The van der Waals surface area contributed by atoms with E-state index in [-0.39, 0.29) is 0 Å². The molecule has 0 aliphatic heterocycles. The van der Waals surface area contributed by atoms with Crippen molar-refractivity contribution < 1.29 is 9.47 Å². The highest BCUT2D eigenvalue weighted by Gasteiger charge is 2.15. The van der Waals surface area contributed by atoms with Crippen molar-refractivity contribution in [1.82, 2.24) is 0 Å². The summed E-state index contributed by atoms with van der Waals surface area (Å²) in [6.45, 7) is 8.50. The minimum atomic E-state index is 0.849. The molecular weight excluding hydrogens is 1140 g/mol. The molecule has 12 aromatic carbocycles. The Bertz CT molecular complexity index is 4290. The second-order valence-electron chi connectivity index (χ2n) is 23.4. The summed E-state index contributed by atoms with van der Waals surface area (Å²) in [5.41, 5.74) is 25.5. The number of ether oxygens (including phenoxy) is 2. The molecule has 0 radical (unpaired) electrons. The third-order valence-corrected chi connectivity index (χ3v) is 16.1. The lowest BCUT2D eigenvalue weighted by molar-refractivity contribution is 0.414. The maximum absolute atomic E-state index is 5.38. The van der Waals surface area contributed by atoms with E-state index in [1.54, 1.807) is 14.2 Å². The Morgan fingerprint density at radius 3 is 0.543 bits per heavy atom. The van der Waals surface area contributed by atoms with Crippen LogP contribution in [0.25, 0.3) is 72.9 Å². The highest BCUT2D eigenvalue weighted by atomic mass is 16.5. The highest BCUT2D eigenvalue weighted by Crippen LogP contribution is 2.38. The molecule has 0 aliphatic carbocycles. The number of rotatable bonds is 20. The molecule has 460 valence electrons. The first kappa shape index (κ1) is 63.8. The summed E-state index contributed by atoms with van der Waals surface area (Å²) in [7, 11) is 3.38. The maximum Gasteiger partial charge on any atom is 0.119 e. The van der Waals surface area contributed by atoms with Gasteiger partial charge in [-0.15, -0.1) is 0 Å². The van der Waals surface area contributed by atoms with E-state index in [2.05, 4.69) is 365 Å². The fourth-order valence-electron chi connectivity index (χ4n) is 11.0. The molecule has 12 rings (SSSR count). The fourth-order valence-corrected chi connectivity index (χ4v) is 11.0. The third-order valence-electron chi connectivity index (χ3n) is 16.1. The van der Waals surface area contributed by atoms with E-state index in [0.29, 0.717) is 0 Å². The van der Waals surface area contributed by atoms with Gasteiger partial charge in [0.15, 0.2) is 0 Å². The van der Waals surface area contributed by atoms with Crippen molar-refractivity contribution in [2.24, 2.45) is 0 Å². The fraction of sp³-hybridized carbons (Fsp3) is 0.0667. The normalized spacial score (nSPS) is 11.5. The van der Waals surface area contributed by atoms with E-state index in [1.165, 1.54) is 61.2 Å². The molecule has 0 aliphatic rings. The second-order valence-corrected chi connectivity index (χ2v) is 23.4. The van der Waals surface area contributed by atoms with E-state index in [0.717, 1.165) is 73.4 Å². The van der Waals surface area contributed by atoms with Gasteiger partial charge in [0, 0.05) is 34.1 Å². The number of hydrogen-bond acceptors (Lipinski definition) is 4. The molecule has 0 aromatic heterocycles. The molecule has 0 saturated heterocycles. The third kappa shape index (κ3) is 18.2. The summed E-state index contributed by atoms with van der Waals surface area (Å²) >= 11 is 0. The quantitative estimate of drug-likeness (QED) is 0.0710. The van der Waals surface area contributed by atoms with Crippen molar-refractivity contribution >= 4 is 107 Å². The van der Waals surface area contributed by atoms with Gasteiger partial charge >= 0.3 is 0 Å².